The van der Waals surface area contributed by atoms with Crippen molar-refractivity contribution in [2.24, 2.45) is 11.8 Å². The van der Waals surface area contributed by atoms with Crippen LogP contribution in [0.4, 0.5) is 0 Å². The van der Waals surface area contributed by atoms with Crippen molar-refractivity contribution in [3.8, 4) is 0 Å². The first-order valence-electron chi connectivity index (χ1n) is 10.9. The van der Waals surface area contributed by atoms with Crippen LogP contribution in [0.1, 0.15) is 60.9 Å². The normalized spacial score (nSPS) is 29.4. The van der Waals surface area contributed by atoms with Crippen molar-refractivity contribution in [3.63, 3.8) is 0 Å². The molecule has 1 aromatic carbocycles. The zero-order valence-corrected chi connectivity index (χ0v) is 17.0. The number of rotatable bonds is 3. The zero-order valence-electron chi connectivity index (χ0n) is 17.0. The number of amides is 2. The molecule has 156 valence electrons. The van der Waals surface area contributed by atoms with Crippen LogP contribution in [0.5, 0.6) is 0 Å². The summed E-state index contributed by atoms with van der Waals surface area (Å²) in [4.78, 5) is 41.7. The van der Waals surface area contributed by atoms with E-state index in [0.29, 0.717) is 31.0 Å². The quantitative estimate of drug-likeness (QED) is 0.849. The van der Waals surface area contributed by atoms with Gasteiger partial charge in [-0.05, 0) is 57.1 Å². The molecule has 2 heterocycles. The summed E-state index contributed by atoms with van der Waals surface area (Å²) in [5.41, 5.74) is 1.74. The number of fused-ring (bicyclic) bond motifs is 1. The monoisotopic (exact) mass is 398 g/mol. The lowest BCUT2D eigenvalue weighted by molar-refractivity contribution is -0.152. The molecular weight excluding hydrogens is 368 g/mol. The third kappa shape index (κ3) is 3.89. The predicted molar refractivity (Wildman–Crippen MR) is 108 cm³/mol. The fraction of sp³-hybridized carbons (Fsp3) is 0.609. The Morgan fingerprint density at radius 2 is 1.72 bits per heavy atom. The maximum atomic E-state index is 13.4. The summed E-state index contributed by atoms with van der Waals surface area (Å²) in [7, 11) is 0. The van der Waals surface area contributed by atoms with Crippen LogP contribution in [0.15, 0.2) is 24.3 Å². The molecule has 2 saturated heterocycles. The van der Waals surface area contributed by atoms with Crippen LogP contribution in [0.25, 0.3) is 0 Å². The molecule has 1 N–H and O–H groups in total. The van der Waals surface area contributed by atoms with E-state index in [2.05, 4.69) is 0 Å². The smallest absolute Gasteiger partial charge is 0.326 e. The number of hydrogen-bond donors (Lipinski definition) is 1. The van der Waals surface area contributed by atoms with Gasteiger partial charge in [0.05, 0.1) is 5.92 Å². The molecule has 4 rings (SSSR count). The first-order valence-corrected chi connectivity index (χ1v) is 10.9. The molecule has 0 spiro atoms. The predicted octanol–water partition coefficient (Wildman–Crippen LogP) is 3.09. The number of aliphatic carboxylic acids is 1. The Bertz CT molecular complexity index is 791. The molecule has 3 fully saturated rings. The summed E-state index contributed by atoms with van der Waals surface area (Å²) in [5, 5.41) is 9.73. The number of aryl methyl sites for hydroxylation is 1. The zero-order chi connectivity index (χ0) is 20.5. The van der Waals surface area contributed by atoms with E-state index in [1.165, 1.54) is 0 Å². The molecule has 2 aliphatic heterocycles. The van der Waals surface area contributed by atoms with Gasteiger partial charge in [-0.2, -0.15) is 0 Å². The lowest BCUT2D eigenvalue weighted by atomic mass is 9.84. The van der Waals surface area contributed by atoms with Crippen molar-refractivity contribution in [3.05, 3.63) is 35.4 Å². The Labute approximate surface area is 171 Å². The highest BCUT2D eigenvalue weighted by Gasteiger charge is 2.49. The number of piperidine rings is 1. The third-order valence-electron chi connectivity index (χ3n) is 6.98. The first-order chi connectivity index (χ1) is 14.0. The lowest BCUT2D eigenvalue weighted by Crippen LogP contribution is -2.52. The second-order valence-electron chi connectivity index (χ2n) is 8.90. The Morgan fingerprint density at radius 1 is 1.00 bits per heavy atom. The number of likely N-dealkylation sites (tertiary alicyclic amines) is 2. The molecular formula is C23H30N2O4. The van der Waals surface area contributed by atoms with Gasteiger partial charge in [0.2, 0.25) is 5.91 Å². The number of hydrogen-bond acceptors (Lipinski definition) is 3. The number of nitrogens with zero attached hydrogens (tertiary/aromatic N) is 2. The van der Waals surface area contributed by atoms with Gasteiger partial charge in [0, 0.05) is 24.7 Å². The number of carbonyl (C=O) groups is 3. The SMILES string of the molecule is Cc1ccc(C(=O)N2CCCC(C(=O)N3C(C(=O)O)CC4CCCCC43)C2)cc1. The van der Waals surface area contributed by atoms with Gasteiger partial charge in [-0.1, -0.05) is 30.5 Å². The minimum absolute atomic E-state index is 0.0470. The Hall–Kier alpha value is -2.37. The van der Waals surface area contributed by atoms with Gasteiger partial charge in [-0.3, -0.25) is 9.59 Å². The summed E-state index contributed by atoms with van der Waals surface area (Å²) >= 11 is 0. The van der Waals surface area contributed by atoms with E-state index in [1.807, 2.05) is 31.2 Å². The van der Waals surface area contributed by atoms with Gasteiger partial charge < -0.3 is 14.9 Å². The third-order valence-corrected chi connectivity index (χ3v) is 6.98. The van der Waals surface area contributed by atoms with Gasteiger partial charge in [0.15, 0.2) is 0 Å². The topological polar surface area (TPSA) is 77.9 Å². The molecule has 6 nitrogen and oxygen atoms in total. The summed E-state index contributed by atoms with van der Waals surface area (Å²) in [6.07, 6.45) is 6.16. The molecule has 1 saturated carbocycles. The summed E-state index contributed by atoms with van der Waals surface area (Å²) < 4.78 is 0. The molecule has 1 aromatic rings. The minimum Gasteiger partial charge on any atom is -0.480 e. The maximum Gasteiger partial charge on any atom is 0.326 e. The van der Waals surface area contributed by atoms with Crippen LogP contribution in [0.3, 0.4) is 0 Å². The molecule has 3 aliphatic rings. The maximum absolute atomic E-state index is 13.4. The summed E-state index contributed by atoms with van der Waals surface area (Å²) in [5.74, 6) is -0.998. The van der Waals surface area contributed by atoms with Crippen molar-refractivity contribution >= 4 is 17.8 Å². The van der Waals surface area contributed by atoms with Gasteiger partial charge in [-0.15, -0.1) is 0 Å². The van der Waals surface area contributed by atoms with Crippen LogP contribution in [-0.4, -0.2) is 57.9 Å². The number of carboxylic acids is 1. The van der Waals surface area contributed by atoms with Crippen LogP contribution in [-0.2, 0) is 9.59 Å². The van der Waals surface area contributed by atoms with Crippen LogP contribution in [0, 0.1) is 18.8 Å². The second-order valence-corrected chi connectivity index (χ2v) is 8.90. The Morgan fingerprint density at radius 3 is 2.45 bits per heavy atom. The highest BCUT2D eigenvalue weighted by molar-refractivity contribution is 5.95. The molecule has 0 radical (unpaired) electrons. The van der Waals surface area contributed by atoms with E-state index in [4.69, 9.17) is 0 Å². The fourth-order valence-corrected chi connectivity index (χ4v) is 5.45. The molecule has 4 unspecified atom stereocenters. The molecule has 2 amide bonds. The number of carboxylic acid groups (broad SMARTS) is 1. The van der Waals surface area contributed by atoms with Gasteiger partial charge in [-0.25, -0.2) is 4.79 Å². The average molecular weight is 399 g/mol. The van der Waals surface area contributed by atoms with E-state index in [9.17, 15) is 19.5 Å². The van der Waals surface area contributed by atoms with Crippen LogP contribution < -0.4 is 0 Å². The Balaban J connectivity index is 1.49. The molecule has 29 heavy (non-hydrogen) atoms. The summed E-state index contributed by atoms with van der Waals surface area (Å²) in [6, 6.07) is 6.85. The molecule has 6 heteroatoms. The van der Waals surface area contributed by atoms with Crippen molar-refractivity contribution in [2.75, 3.05) is 13.1 Å². The van der Waals surface area contributed by atoms with Crippen LogP contribution in [0.2, 0.25) is 0 Å². The Kier molecular flexibility index (Phi) is 5.61. The van der Waals surface area contributed by atoms with Gasteiger partial charge >= 0.3 is 5.97 Å². The number of benzene rings is 1. The van der Waals surface area contributed by atoms with E-state index >= 15 is 0 Å². The molecule has 1 aliphatic carbocycles. The van der Waals surface area contributed by atoms with Gasteiger partial charge in [0.25, 0.3) is 5.91 Å². The highest BCUT2D eigenvalue weighted by Crippen LogP contribution is 2.41. The van der Waals surface area contributed by atoms with Crippen molar-refractivity contribution in [2.45, 2.75) is 64.0 Å². The largest absolute Gasteiger partial charge is 0.480 e. The molecule has 0 aromatic heterocycles. The highest BCUT2D eigenvalue weighted by atomic mass is 16.4. The van der Waals surface area contributed by atoms with Gasteiger partial charge in [0.1, 0.15) is 6.04 Å². The molecule has 4 atom stereocenters. The van der Waals surface area contributed by atoms with Crippen LogP contribution >= 0.6 is 0 Å². The minimum atomic E-state index is -0.892. The average Bonchev–Trinajstić information content (AvgIpc) is 3.13. The van der Waals surface area contributed by atoms with E-state index in [1.54, 1.807) is 9.80 Å². The van der Waals surface area contributed by atoms with E-state index in [-0.39, 0.29) is 23.8 Å². The lowest BCUT2D eigenvalue weighted by Gasteiger charge is -2.38. The standard InChI is InChI=1S/C23H30N2O4/c1-15-8-10-16(11-9-15)21(26)24-12-4-6-18(14-24)22(27)25-19-7-3-2-5-17(19)13-20(25)23(28)29/h8-11,17-20H,2-7,12-14H2,1H3,(H,28,29). The molecule has 0 bridgehead atoms. The summed E-state index contributed by atoms with van der Waals surface area (Å²) in [6.45, 7) is 3.01. The van der Waals surface area contributed by atoms with Crippen molar-refractivity contribution in [1.29, 1.82) is 0 Å². The second kappa shape index (κ2) is 8.17. The van der Waals surface area contributed by atoms with Crippen molar-refractivity contribution in [1.82, 2.24) is 9.80 Å². The van der Waals surface area contributed by atoms with E-state index < -0.39 is 12.0 Å². The number of carbonyl (C=O) groups excluding carboxylic acids is 2. The first kappa shape index (κ1) is 19.9. The fourth-order valence-electron chi connectivity index (χ4n) is 5.45. The van der Waals surface area contributed by atoms with E-state index in [0.717, 1.165) is 44.1 Å². The van der Waals surface area contributed by atoms with Crippen molar-refractivity contribution < 1.29 is 19.5 Å².